The Morgan fingerprint density at radius 2 is 2.12 bits per heavy atom. The molecule has 2 fully saturated rings. The fraction of sp³-hybridized carbons (Fsp3) is 0.875. The van der Waals surface area contributed by atoms with Crippen molar-refractivity contribution in [1.29, 1.82) is 0 Å². The van der Waals surface area contributed by atoms with Gasteiger partial charge in [-0.2, -0.15) is 0 Å². The molecule has 0 aliphatic carbocycles. The molecule has 0 bridgehead atoms. The number of carbonyl (C=O) groups excluding carboxylic acids is 1. The summed E-state index contributed by atoms with van der Waals surface area (Å²) in [6.07, 6.45) is 3.48. The number of nitrogens with two attached hydrogens (primary N) is 1. The van der Waals surface area contributed by atoms with E-state index < -0.39 is 0 Å². The number of hydrogen-bond donors (Lipinski definition) is 1. The van der Waals surface area contributed by atoms with E-state index in [9.17, 15) is 4.79 Å². The van der Waals surface area contributed by atoms with Crippen LogP contribution in [-0.4, -0.2) is 56.8 Å². The molecule has 0 spiro atoms. The number of ether oxygens (including phenoxy) is 1. The molecule has 0 aromatic carbocycles. The minimum absolute atomic E-state index is 0.172. The SMILES string of the molecule is CC1(C)CC(CC(N)=O)N(Cc2nnnn2CC2CCOCC2)C1. The van der Waals surface area contributed by atoms with Crippen molar-refractivity contribution >= 4 is 5.91 Å². The van der Waals surface area contributed by atoms with E-state index in [2.05, 4.69) is 34.3 Å². The molecule has 24 heavy (non-hydrogen) atoms. The molecule has 2 N–H and O–H groups in total. The van der Waals surface area contributed by atoms with Gasteiger partial charge in [-0.05, 0) is 41.0 Å². The summed E-state index contributed by atoms with van der Waals surface area (Å²) < 4.78 is 7.34. The highest BCUT2D eigenvalue weighted by Gasteiger charge is 2.38. The minimum atomic E-state index is -0.246. The quantitative estimate of drug-likeness (QED) is 0.815. The summed E-state index contributed by atoms with van der Waals surface area (Å²) in [6.45, 7) is 8.53. The van der Waals surface area contributed by atoms with Crippen LogP contribution in [-0.2, 0) is 22.6 Å². The number of likely N-dealkylation sites (tertiary alicyclic amines) is 1. The second-order valence-corrected chi connectivity index (χ2v) is 7.93. The van der Waals surface area contributed by atoms with Gasteiger partial charge in [-0.15, -0.1) is 5.10 Å². The van der Waals surface area contributed by atoms with Crippen molar-refractivity contribution in [3.63, 3.8) is 0 Å². The minimum Gasteiger partial charge on any atom is -0.381 e. The molecule has 8 heteroatoms. The summed E-state index contributed by atoms with van der Waals surface area (Å²) in [4.78, 5) is 13.7. The van der Waals surface area contributed by atoms with E-state index in [-0.39, 0.29) is 17.4 Å². The van der Waals surface area contributed by atoms with Gasteiger partial charge in [-0.3, -0.25) is 9.69 Å². The Labute approximate surface area is 142 Å². The first kappa shape index (κ1) is 17.3. The van der Waals surface area contributed by atoms with E-state index in [1.54, 1.807) is 0 Å². The molecule has 1 atom stereocenters. The molecule has 1 aromatic heterocycles. The highest BCUT2D eigenvalue weighted by molar-refractivity contribution is 5.74. The van der Waals surface area contributed by atoms with Crippen LogP contribution in [0.3, 0.4) is 0 Å². The number of amides is 1. The van der Waals surface area contributed by atoms with Crippen LogP contribution in [0, 0.1) is 11.3 Å². The molecule has 3 heterocycles. The number of primary amides is 1. The van der Waals surface area contributed by atoms with Gasteiger partial charge in [0.25, 0.3) is 0 Å². The van der Waals surface area contributed by atoms with Crippen LogP contribution in [0.1, 0.15) is 45.4 Å². The zero-order chi connectivity index (χ0) is 17.2. The van der Waals surface area contributed by atoms with Crippen molar-refractivity contribution in [2.24, 2.45) is 17.1 Å². The molecule has 8 nitrogen and oxygen atoms in total. The summed E-state index contributed by atoms with van der Waals surface area (Å²) in [6, 6.07) is 0.172. The van der Waals surface area contributed by atoms with Gasteiger partial charge >= 0.3 is 0 Å². The first-order valence-corrected chi connectivity index (χ1v) is 8.78. The van der Waals surface area contributed by atoms with E-state index in [0.717, 1.165) is 51.4 Å². The number of nitrogens with zero attached hydrogens (tertiary/aromatic N) is 5. The standard InChI is InChI=1S/C16H28N6O2/c1-16(2)8-13(7-14(17)23)21(11-16)10-15-18-19-20-22(15)9-12-3-5-24-6-4-12/h12-13H,3-11H2,1-2H3,(H2,17,23). The van der Waals surface area contributed by atoms with Gasteiger partial charge < -0.3 is 10.5 Å². The fourth-order valence-electron chi connectivity index (χ4n) is 3.96. The van der Waals surface area contributed by atoms with Crippen LogP contribution in [0.2, 0.25) is 0 Å². The molecule has 2 aliphatic heterocycles. The maximum Gasteiger partial charge on any atom is 0.218 e. The molecule has 134 valence electrons. The topological polar surface area (TPSA) is 99.2 Å². The maximum atomic E-state index is 11.4. The third-order valence-corrected chi connectivity index (χ3v) is 5.10. The van der Waals surface area contributed by atoms with Crippen LogP contribution in [0.25, 0.3) is 0 Å². The molecule has 1 amide bonds. The Kier molecular flexibility index (Phi) is 5.15. The van der Waals surface area contributed by atoms with Crippen molar-refractivity contribution < 1.29 is 9.53 Å². The van der Waals surface area contributed by atoms with Crippen LogP contribution in [0.4, 0.5) is 0 Å². The average Bonchev–Trinajstić information content (AvgIpc) is 3.04. The number of hydrogen-bond acceptors (Lipinski definition) is 6. The van der Waals surface area contributed by atoms with Crippen molar-refractivity contribution in [3.8, 4) is 0 Å². The highest BCUT2D eigenvalue weighted by Crippen LogP contribution is 2.36. The molecule has 3 rings (SSSR count). The molecule has 2 aliphatic rings. The van der Waals surface area contributed by atoms with Crippen molar-refractivity contribution in [3.05, 3.63) is 5.82 Å². The van der Waals surface area contributed by atoms with E-state index in [0.29, 0.717) is 18.9 Å². The Hall–Kier alpha value is -1.54. The predicted molar refractivity (Wildman–Crippen MR) is 87.8 cm³/mol. The third-order valence-electron chi connectivity index (χ3n) is 5.10. The lowest BCUT2D eigenvalue weighted by Gasteiger charge is -2.25. The van der Waals surface area contributed by atoms with Crippen LogP contribution >= 0.6 is 0 Å². The predicted octanol–water partition coefficient (Wildman–Crippen LogP) is 0.576. The molecule has 1 unspecified atom stereocenters. The smallest absolute Gasteiger partial charge is 0.218 e. The molecule has 2 saturated heterocycles. The summed E-state index contributed by atoms with van der Waals surface area (Å²) in [5.41, 5.74) is 5.61. The normalized spacial score (nSPS) is 25.2. The number of carbonyl (C=O) groups is 1. The lowest BCUT2D eigenvalue weighted by molar-refractivity contribution is -0.119. The van der Waals surface area contributed by atoms with Crippen molar-refractivity contribution in [2.75, 3.05) is 19.8 Å². The summed E-state index contributed by atoms with van der Waals surface area (Å²) in [5.74, 6) is 1.19. The Bertz CT molecular complexity index is 567. The van der Waals surface area contributed by atoms with E-state index in [4.69, 9.17) is 10.5 Å². The number of rotatable bonds is 6. The molecule has 0 radical (unpaired) electrons. The number of tetrazole rings is 1. The maximum absolute atomic E-state index is 11.4. The molecule has 1 aromatic rings. The number of aromatic nitrogens is 4. The largest absolute Gasteiger partial charge is 0.381 e. The van der Waals surface area contributed by atoms with Gasteiger partial charge in [-0.25, -0.2) is 4.68 Å². The van der Waals surface area contributed by atoms with Crippen molar-refractivity contribution in [2.45, 2.75) is 58.7 Å². The van der Waals surface area contributed by atoms with Gasteiger partial charge in [0.15, 0.2) is 5.82 Å². The zero-order valence-corrected chi connectivity index (χ0v) is 14.6. The first-order chi connectivity index (χ1) is 11.4. The lowest BCUT2D eigenvalue weighted by atomic mass is 9.90. The average molecular weight is 336 g/mol. The second kappa shape index (κ2) is 7.14. The van der Waals surface area contributed by atoms with Crippen LogP contribution < -0.4 is 5.73 Å². The summed E-state index contributed by atoms with van der Waals surface area (Å²) in [7, 11) is 0. The van der Waals surface area contributed by atoms with Gasteiger partial charge in [0.05, 0.1) is 6.54 Å². The Balaban J connectivity index is 1.66. The lowest BCUT2D eigenvalue weighted by Crippen LogP contribution is -2.34. The van der Waals surface area contributed by atoms with Gasteiger partial charge in [-0.1, -0.05) is 13.8 Å². The Morgan fingerprint density at radius 1 is 1.38 bits per heavy atom. The second-order valence-electron chi connectivity index (χ2n) is 7.93. The third kappa shape index (κ3) is 4.30. The monoisotopic (exact) mass is 336 g/mol. The first-order valence-electron chi connectivity index (χ1n) is 8.78. The van der Waals surface area contributed by atoms with Crippen molar-refractivity contribution in [1.82, 2.24) is 25.1 Å². The van der Waals surface area contributed by atoms with Crippen LogP contribution in [0.5, 0.6) is 0 Å². The van der Waals surface area contributed by atoms with Gasteiger partial charge in [0, 0.05) is 38.8 Å². The zero-order valence-electron chi connectivity index (χ0n) is 14.6. The fourth-order valence-corrected chi connectivity index (χ4v) is 3.96. The summed E-state index contributed by atoms with van der Waals surface area (Å²) >= 11 is 0. The van der Waals surface area contributed by atoms with E-state index >= 15 is 0 Å². The van der Waals surface area contributed by atoms with E-state index in [1.807, 2.05) is 4.68 Å². The van der Waals surface area contributed by atoms with E-state index in [1.165, 1.54) is 0 Å². The molecule has 0 saturated carbocycles. The molecular weight excluding hydrogens is 308 g/mol. The Morgan fingerprint density at radius 3 is 2.83 bits per heavy atom. The molecular formula is C16H28N6O2. The summed E-state index contributed by atoms with van der Waals surface area (Å²) in [5, 5.41) is 12.3. The highest BCUT2D eigenvalue weighted by atomic mass is 16.5. The van der Waals surface area contributed by atoms with Gasteiger partial charge in [0.1, 0.15) is 0 Å². The van der Waals surface area contributed by atoms with Gasteiger partial charge in [0.2, 0.25) is 5.91 Å². The van der Waals surface area contributed by atoms with Crippen LogP contribution in [0.15, 0.2) is 0 Å².